The van der Waals surface area contributed by atoms with Crippen molar-refractivity contribution >= 4 is 5.90 Å². The molecule has 6 heteroatoms. The van der Waals surface area contributed by atoms with Gasteiger partial charge in [0.05, 0.1) is 6.07 Å². The van der Waals surface area contributed by atoms with Crippen molar-refractivity contribution in [1.29, 1.82) is 10.7 Å². The van der Waals surface area contributed by atoms with E-state index in [0.717, 1.165) is 11.3 Å². The largest absolute Gasteiger partial charge is 0.422 e. The number of halogens is 1. The zero-order valence-electron chi connectivity index (χ0n) is 13.1. The van der Waals surface area contributed by atoms with Gasteiger partial charge in [0.15, 0.2) is 0 Å². The number of hydrogen-bond donors (Lipinski definition) is 2. The van der Waals surface area contributed by atoms with Gasteiger partial charge in [0.25, 0.3) is 0 Å². The van der Waals surface area contributed by atoms with Gasteiger partial charge in [-0.3, -0.25) is 10.5 Å². The number of fused-ring (bicyclic) bond motifs is 1. The van der Waals surface area contributed by atoms with Crippen molar-refractivity contribution in [3.05, 3.63) is 46.9 Å². The van der Waals surface area contributed by atoms with Crippen molar-refractivity contribution in [2.75, 3.05) is 0 Å². The SMILES string of the molecule is CC(C)(C)c1[nH]nc2c1C(c1cccc(F)c1)C(C#N)C(=N)O2. The monoisotopic (exact) mass is 312 g/mol. The van der Waals surface area contributed by atoms with Crippen LogP contribution in [0.15, 0.2) is 24.3 Å². The molecule has 0 amide bonds. The summed E-state index contributed by atoms with van der Waals surface area (Å²) in [6.07, 6.45) is 0. The maximum absolute atomic E-state index is 13.7. The fourth-order valence-electron chi connectivity index (χ4n) is 2.95. The molecule has 0 aliphatic carbocycles. The second kappa shape index (κ2) is 5.20. The van der Waals surface area contributed by atoms with Crippen molar-refractivity contribution in [2.45, 2.75) is 32.1 Å². The van der Waals surface area contributed by atoms with E-state index < -0.39 is 11.8 Å². The average molecular weight is 312 g/mol. The zero-order chi connectivity index (χ0) is 16.8. The minimum atomic E-state index is -0.817. The molecule has 5 nitrogen and oxygen atoms in total. The molecule has 1 aliphatic heterocycles. The zero-order valence-corrected chi connectivity index (χ0v) is 13.1. The molecule has 1 aliphatic rings. The summed E-state index contributed by atoms with van der Waals surface area (Å²) in [5.41, 5.74) is 1.94. The van der Waals surface area contributed by atoms with E-state index in [0.29, 0.717) is 11.4 Å². The van der Waals surface area contributed by atoms with Gasteiger partial charge in [-0.05, 0) is 17.7 Å². The molecule has 2 atom stereocenters. The molecular weight excluding hydrogens is 295 g/mol. The summed E-state index contributed by atoms with van der Waals surface area (Å²) in [6, 6.07) is 8.24. The lowest BCUT2D eigenvalue weighted by molar-refractivity contribution is 0.433. The summed E-state index contributed by atoms with van der Waals surface area (Å²) in [5.74, 6) is -1.55. The standard InChI is InChI=1S/C17H17FN4O/c1-17(2,3)14-13-12(9-5-4-6-10(18)7-9)11(8-19)15(20)23-16(13)22-21-14/h4-7,11-12,20H,1-3H3,(H,21,22). The molecule has 0 fully saturated rings. The van der Waals surface area contributed by atoms with Crippen LogP contribution < -0.4 is 4.74 Å². The van der Waals surface area contributed by atoms with Crippen LogP contribution in [0.4, 0.5) is 4.39 Å². The van der Waals surface area contributed by atoms with E-state index in [4.69, 9.17) is 10.1 Å². The molecule has 1 aromatic heterocycles. The first kappa shape index (κ1) is 15.2. The summed E-state index contributed by atoms with van der Waals surface area (Å²) in [5, 5.41) is 24.6. The third-order valence-electron chi connectivity index (χ3n) is 4.00. The van der Waals surface area contributed by atoms with E-state index in [-0.39, 0.29) is 17.1 Å². The molecule has 0 radical (unpaired) electrons. The molecule has 23 heavy (non-hydrogen) atoms. The molecule has 2 N–H and O–H groups in total. The molecule has 0 saturated carbocycles. The Kier molecular flexibility index (Phi) is 3.44. The molecule has 118 valence electrons. The van der Waals surface area contributed by atoms with Crippen LogP contribution in [0.25, 0.3) is 0 Å². The molecule has 0 saturated heterocycles. The fraction of sp³-hybridized carbons (Fsp3) is 0.353. The number of aromatic amines is 1. The molecule has 2 aromatic rings. The summed E-state index contributed by atoms with van der Waals surface area (Å²) in [6.45, 7) is 6.06. The number of rotatable bonds is 1. The van der Waals surface area contributed by atoms with Crippen LogP contribution >= 0.6 is 0 Å². The van der Waals surface area contributed by atoms with Crippen LogP contribution in [0.1, 0.15) is 43.5 Å². The minimum absolute atomic E-state index is 0.166. The van der Waals surface area contributed by atoms with Gasteiger partial charge >= 0.3 is 0 Å². The lowest BCUT2D eigenvalue weighted by Gasteiger charge is -2.30. The van der Waals surface area contributed by atoms with E-state index in [2.05, 4.69) is 16.3 Å². The third kappa shape index (κ3) is 2.48. The van der Waals surface area contributed by atoms with E-state index in [9.17, 15) is 9.65 Å². The lowest BCUT2D eigenvalue weighted by atomic mass is 9.76. The topological polar surface area (TPSA) is 85.5 Å². The van der Waals surface area contributed by atoms with Crippen molar-refractivity contribution in [2.24, 2.45) is 5.92 Å². The number of hydrogen-bond acceptors (Lipinski definition) is 4. The maximum atomic E-state index is 13.7. The molecule has 2 unspecified atom stereocenters. The van der Waals surface area contributed by atoms with Gasteiger partial charge in [0.1, 0.15) is 11.7 Å². The highest BCUT2D eigenvalue weighted by atomic mass is 19.1. The molecule has 2 heterocycles. The van der Waals surface area contributed by atoms with Crippen LogP contribution in [0.3, 0.4) is 0 Å². The van der Waals surface area contributed by atoms with Gasteiger partial charge in [-0.2, -0.15) is 5.26 Å². The number of nitriles is 1. The minimum Gasteiger partial charge on any atom is -0.422 e. The molecule has 1 aromatic carbocycles. The molecule has 0 bridgehead atoms. The Morgan fingerprint density at radius 1 is 1.39 bits per heavy atom. The Morgan fingerprint density at radius 3 is 2.74 bits per heavy atom. The summed E-state index contributed by atoms with van der Waals surface area (Å²) < 4.78 is 19.1. The number of H-pyrrole nitrogens is 1. The predicted octanol–water partition coefficient (Wildman–Crippen LogP) is 3.49. The smallest absolute Gasteiger partial charge is 0.243 e. The van der Waals surface area contributed by atoms with E-state index in [1.54, 1.807) is 12.1 Å². The number of nitrogens with one attached hydrogen (secondary N) is 2. The summed E-state index contributed by atoms with van der Waals surface area (Å²) in [4.78, 5) is 0. The van der Waals surface area contributed by atoms with E-state index in [1.807, 2.05) is 20.8 Å². The van der Waals surface area contributed by atoms with Gasteiger partial charge < -0.3 is 4.74 Å². The van der Waals surface area contributed by atoms with Crippen molar-refractivity contribution in [3.8, 4) is 11.9 Å². The van der Waals surface area contributed by atoms with Crippen LogP contribution in [0.2, 0.25) is 0 Å². The first-order valence-corrected chi connectivity index (χ1v) is 7.33. The first-order chi connectivity index (χ1) is 10.8. The van der Waals surface area contributed by atoms with Crippen molar-refractivity contribution < 1.29 is 9.13 Å². The highest BCUT2D eigenvalue weighted by molar-refractivity contribution is 5.84. The Balaban J connectivity index is 2.26. The number of ether oxygens (including phenoxy) is 1. The number of nitrogens with zero attached hydrogens (tertiary/aromatic N) is 2. The lowest BCUT2D eigenvalue weighted by Crippen LogP contribution is -2.32. The van der Waals surface area contributed by atoms with Gasteiger partial charge in [-0.25, -0.2) is 4.39 Å². The van der Waals surface area contributed by atoms with Crippen LogP contribution in [-0.4, -0.2) is 16.1 Å². The predicted molar refractivity (Wildman–Crippen MR) is 83.0 cm³/mol. The average Bonchev–Trinajstić information content (AvgIpc) is 2.89. The van der Waals surface area contributed by atoms with Gasteiger partial charge in [-0.1, -0.05) is 32.9 Å². The van der Waals surface area contributed by atoms with E-state index in [1.165, 1.54) is 12.1 Å². The Bertz CT molecular complexity index is 813. The maximum Gasteiger partial charge on any atom is 0.243 e. The Labute approximate surface area is 133 Å². The van der Waals surface area contributed by atoms with Crippen LogP contribution in [0, 0.1) is 28.5 Å². The Morgan fingerprint density at radius 2 is 2.13 bits per heavy atom. The van der Waals surface area contributed by atoms with Crippen LogP contribution in [0.5, 0.6) is 5.88 Å². The van der Waals surface area contributed by atoms with Gasteiger partial charge in [-0.15, -0.1) is 5.10 Å². The van der Waals surface area contributed by atoms with Crippen molar-refractivity contribution in [1.82, 2.24) is 10.2 Å². The normalized spacial score (nSPS) is 20.6. The number of aromatic nitrogens is 2. The first-order valence-electron chi connectivity index (χ1n) is 7.33. The molecule has 3 rings (SSSR count). The fourth-order valence-corrected chi connectivity index (χ4v) is 2.95. The third-order valence-corrected chi connectivity index (χ3v) is 4.00. The van der Waals surface area contributed by atoms with Gasteiger partial charge in [0.2, 0.25) is 11.8 Å². The highest BCUT2D eigenvalue weighted by Crippen LogP contribution is 2.45. The number of benzene rings is 1. The van der Waals surface area contributed by atoms with Gasteiger partial charge in [0, 0.05) is 22.6 Å². The van der Waals surface area contributed by atoms with E-state index >= 15 is 0 Å². The summed E-state index contributed by atoms with van der Waals surface area (Å²) >= 11 is 0. The Hall–Kier alpha value is -2.68. The quantitative estimate of drug-likeness (QED) is 0.845. The second-order valence-electron chi connectivity index (χ2n) is 6.67. The summed E-state index contributed by atoms with van der Waals surface area (Å²) in [7, 11) is 0. The molecular formula is C17H17FN4O. The van der Waals surface area contributed by atoms with Crippen molar-refractivity contribution in [3.63, 3.8) is 0 Å². The highest BCUT2D eigenvalue weighted by Gasteiger charge is 2.42. The van der Waals surface area contributed by atoms with Crippen LogP contribution in [-0.2, 0) is 5.41 Å². The molecule has 0 spiro atoms. The second-order valence-corrected chi connectivity index (χ2v) is 6.67.